The van der Waals surface area contributed by atoms with Gasteiger partial charge in [0.2, 0.25) is 0 Å². The second-order valence-corrected chi connectivity index (χ2v) is 5.45. The Kier molecular flexibility index (Phi) is 3.16. The van der Waals surface area contributed by atoms with Crippen molar-refractivity contribution >= 4 is 0 Å². The summed E-state index contributed by atoms with van der Waals surface area (Å²) in [4.78, 5) is 0. The zero-order chi connectivity index (χ0) is 10.1. The summed E-state index contributed by atoms with van der Waals surface area (Å²) in [7, 11) is 0. The predicted molar refractivity (Wildman–Crippen MR) is 59.0 cm³/mol. The molecule has 0 aromatic heterocycles. The van der Waals surface area contributed by atoms with Crippen molar-refractivity contribution in [2.75, 3.05) is 0 Å². The molecule has 14 heavy (non-hydrogen) atoms. The lowest BCUT2D eigenvalue weighted by molar-refractivity contribution is 0.0809. The summed E-state index contributed by atoms with van der Waals surface area (Å²) in [5.74, 6) is 3.01. The first-order valence-corrected chi connectivity index (χ1v) is 6.43. The van der Waals surface area contributed by atoms with Crippen LogP contribution in [0.3, 0.4) is 0 Å². The van der Waals surface area contributed by atoms with Crippen molar-refractivity contribution in [2.45, 2.75) is 58.5 Å². The first kappa shape index (κ1) is 10.5. The molecule has 4 atom stereocenters. The molecule has 2 aliphatic rings. The number of hydrogen-bond acceptors (Lipinski definition) is 1. The molecule has 1 heteroatoms. The van der Waals surface area contributed by atoms with Gasteiger partial charge in [0.05, 0.1) is 6.10 Å². The van der Waals surface area contributed by atoms with Crippen molar-refractivity contribution in [1.29, 1.82) is 0 Å². The molecule has 0 spiro atoms. The van der Waals surface area contributed by atoms with Crippen LogP contribution in [0.4, 0.5) is 0 Å². The summed E-state index contributed by atoms with van der Waals surface area (Å²) >= 11 is 0. The van der Waals surface area contributed by atoms with E-state index in [2.05, 4.69) is 13.8 Å². The molecule has 4 unspecified atom stereocenters. The molecule has 0 aliphatic heterocycles. The molecule has 1 N–H and O–H groups in total. The fourth-order valence-corrected chi connectivity index (χ4v) is 3.56. The molecule has 2 rings (SSSR count). The SMILES string of the molecule is CCCC(C)C(O)C1C2CCCCC21. The maximum atomic E-state index is 10.2. The van der Waals surface area contributed by atoms with Gasteiger partial charge in [0.1, 0.15) is 0 Å². The quantitative estimate of drug-likeness (QED) is 0.732. The van der Waals surface area contributed by atoms with Crippen LogP contribution in [-0.4, -0.2) is 11.2 Å². The van der Waals surface area contributed by atoms with Crippen molar-refractivity contribution < 1.29 is 5.11 Å². The highest BCUT2D eigenvalue weighted by atomic mass is 16.3. The zero-order valence-corrected chi connectivity index (χ0v) is 9.58. The topological polar surface area (TPSA) is 20.2 Å². The Hall–Kier alpha value is -0.0400. The molecule has 82 valence electrons. The Balaban J connectivity index is 1.84. The molecule has 1 nitrogen and oxygen atoms in total. The van der Waals surface area contributed by atoms with Gasteiger partial charge in [0.15, 0.2) is 0 Å². The lowest BCUT2D eigenvalue weighted by atomic mass is 9.94. The Labute approximate surface area is 87.9 Å². The van der Waals surface area contributed by atoms with Gasteiger partial charge in [-0.15, -0.1) is 0 Å². The number of aliphatic hydroxyl groups excluding tert-OH is 1. The number of hydrogen-bond donors (Lipinski definition) is 1. The van der Waals surface area contributed by atoms with Crippen LogP contribution in [0.1, 0.15) is 52.4 Å². The van der Waals surface area contributed by atoms with E-state index in [0.717, 1.165) is 11.8 Å². The molecule has 0 aromatic rings. The zero-order valence-electron chi connectivity index (χ0n) is 9.58. The van der Waals surface area contributed by atoms with Crippen LogP contribution < -0.4 is 0 Å². The minimum absolute atomic E-state index is 0.00282. The number of aliphatic hydroxyl groups is 1. The summed E-state index contributed by atoms with van der Waals surface area (Å²) in [6, 6.07) is 0. The van der Waals surface area contributed by atoms with Crippen LogP contribution in [0.2, 0.25) is 0 Å². The van der Waals surface area contributed by atoms with E-state index in [9.17, 15) is 5.11 Å². The Morgan fingerprint density at radius 1 is 1.21 bits per heavy atom. The van der Waals surface area contributed by atoms with Gasteiger partial charge in [-0.1, -0.05) is 33.1 Å². The largest absolute Gasteiger partial charge is 0.393 e. The van der Waals surface area contributed by atoms with Gasteiger partial charge in [-0.05, 0) is 42.9 Å². The average molecular weight is 196 g/mol. The smallest absolute Gasteiger partial charge is 0.0599 e. The highest BCUT2D eigenvalue weighted by Crippen LogP contribution is 2.58. The van der Waals surface area contributed by atoms with Crippen molar-refractivity contribution in [3.63, 3.8) is 0 Å². The van der Waals surface area contributed by atoms with E-state index < -0.39 is 0 Å². The maximum Gasteiger partial charge on any atom is 0.0599 e. The van der Waals surface area contributed by atoms with E-state index in [1.165, 1.54) is 38.5 Å². The highest BCUT2D eigenvalue weighted by molar-refractivity contribution is 5.03. The minimum Gasteiger partial charge on any atom is -0.393 e. The van der Waals surface area contributed by atoms with E-state index in [1.54, 1.807) is 0 Å². The molecule has 0 bridgehead atoms. The molecule has 0 heterocycles. The first-order chi connectivity index (χ1) is 6.75. The Bertz CT molecular complexity index is 178. The molecular formula is C13H24O. The molecular weight excluding hydrogens is 172 g/mol. The third kappa shape index (κ3) is 1.84. The van der Waals surface area contributed by atoms with Gasteiger partial charge >= 0.3 is 0 Å². The van der Waals surface area contributed by atoms with Gasteiger partial charge in [0, 0.05) is 0 Å². The van der Waals surface area contributed by atoms with Crippen LogP contribution in [-0.2, 0) is 0 Å². The monoisotopic (exact) mass is 196 g/mol. The summed E-state index contributed by atoms with van der Waals surface area (Å²) in [5, 5.41) is 10.2. The van der Waals surface area contributed by atoms with E-state index in [4.69, 9.17) is 0 Å². The fraction of sp³-hybridized carbons (Fsp3) is 1.00. The normalized spacial score (nSPS) is 40.1. The van der Waals surface area contributed by atoms with Crippen molar-refractivity contribution in [1.82, 2.24) is 0 Å². The Morgan fingerprint density at radius 2 is 1.79 bits per heavy atom. The molecule has 2 aliphatic carbocycles. The predicted octanol–water partition coefficient (Wildman–Crippen LogP) is 3.22. The molecule has 0 saturated heterocycles. The van der Waals surface area contributed by atoms with E-state index in [0.29, 0.717) is 11.8 Å². The molecule has 2 saturated carbocycles. The van der Waals surface area contributed by atoms with E-state index in [-0.39, 0.29) is 6.10 Å². The molecule has 0 aromatic carbocycles. The van der Waals surface area contributed by atoms with E-state index in [1.807, 2.05) is 0 Å². The van der Waals surface area contributed by atoms with Crippen LogP contribution in [0.25, 0.3) is 0 Å². The standard InChI is InChI=1S/C13H24O/c1-3-6-9(2)13(14)12-10-7-4-5-8-11(10)12/h9-14H,3-8H2,1-2H3. The van der Waals surface area contributed by atoms with Gasteiger partial charge in [-0.25, -0.2) is 0 Å². The molecule has 0 radical (unpaired) electrons. The second kappa shape index (κ2) is 4.22. The third-order valence-corrected chi connectivity index (χ3v) is 4.44. The maximum absolute atomic E-state index is 10.2. The van der Waals surface area contributed by atoms with Gasteiger partial charge in [0.25, 0.3) is 0 Å². The Morgan fingerprint density at radius 3 is 2.29 bits per heavy atom. The molecule has 0 amide bonds. The molecule has 2 fully saturated rings. The van der Waals surface area contributed by atoms with Crippen LogP contribution >= 0.6 is 0 Å². The lowest BCUT2D eigenvalue weighted by Gasteiger charge is -2.18. The van der Waals surface area contributed by atoms with Gasteiger partial charge < -0.3 is 5.11 Å². The van der Waals surface area contributed by atoms with Gasteiger partial charge in [-0.3, -0.25) is 0 Å². The number of rotatable bonds is 4. The number of fused-ring (bicyclic) bond motifs is 1. The van der Waals surface area contributed by atoms with Crippen LogP contribution in [0.15, 0.2) is 0 Å². The average Bonchev–Trinajstić information content (AvgIpc) is 2.91. The summed E-state index contributed by atoms with van der Waals surface area (Å²) < 4.78 is 0. The minimum atomic E-state index is 0.00282. The van der Waals surface area contributed by atoms with Crippen molar-refractivity contribution in [3.8, 4) is 0 Å². The fourth-order valence-electron chi connectivity index (χ4n) is 3.56. The van der Waals surface area contributed by atoms with Crippen LogP contribution in [0, 0.1) is 23.7 Å². The van der Waals surface area contributed by atoms with Crippen molar-refractivity contribution in [3.05, 3.63) is 0 Å². The lowest BCUT2D eigenvalue weighted by Crippen LogP contribution is -2.21. The first-order valence-electron chi connectivity index (χ1n) is 6.43. The summed E-state index contributed by atoms with van der Waals surface area (Å²) in [6.45, 7) is 4.43. The summed E-state index contributed by atoms with van der Waals surface area (Å²) in [5.41, 5.74) is 0. The second-order valence-electron chi connectivity index (χ2n) is 5.45. The summed E-state index contributed by atoms with van der Waals surface area (Å²) in [6.07, 6.45) is 8.01. The van der Waals surface area contributed by atoms with Crippen molar-refractivity contribution in [2.24, 2.45) is 23.7 Å². The van der Waals surface area contributed by atoms with Gasteiger partial charge in [-0.2, -0.15) is 0 Å². The third-order valence-electron chi connectivity index (χ3n) is 4.44. The highest BCUT2D eigenvalue weighted by Gasteiger charge is 2.54. The van der Waals surface area contributed by atoms with Crippen LogP contribution in [0.5, 0.6) is 0 Å². The van der Waals surface area contributed by atoms with E-state index >= 15 is 0 Å².